The minimum absolute atomic E-state index is 0.102. The van der Waals surface area contributed by atoms with Gasteiger partial charge in [0.1, 0.15) is 5.60 Å². The summed E-state index contributed by atoms with van der Waals surface area (Å²) in [6, 6.07) is -0.578. The monoisotopic (exact) mass is 480 g/mol. The van der Waals surface area contributed by atoms with Crippen LogP contribution in [-0.2, 0) is 14.3 Å². The highest BCUT2D eigenvalue weighted by molar-refractivity contribution is 5.87. The van der Waals surface area contributed by atoms with E-state index in [-0.39, 0.29) is 18.2 Å². The zero-order valence-corrected chi connectivity index (χ0v) is 22.7. The third-order valence-electron chi connectivity index (χ3n) is 5.59. The van der Waals surface area contributed by atoms with Crippen LogP contribution in [0, 0.1) is 0 Å². The maximum atomic E-state index is 12.2. The van der Waals surface area contributed by atoms with Gasteiger partial charge in [-0.15, -0.1) is 0 Å². The van der Waals surface area contributed by atoms with Crippen molar-refractivity contribution >= 4 is 17.8 Å². The lowest BCUT2D eigenvalue weighted by Crippen LogP contribution is -2.42. The molecule has 0 aliphatic carbocycles. The van der Waals surface area contributed by atoms with E-state index in [0.717, 1.165) is 25.7 Å². The molecule has 0 spiro atoms. The van der Waals surface area contributed by atoms with Crippen LogP contribution in [0.3, 0.4) is 0 Å². The standard InChI is InChI=1S/C28H52N2O4/c1-6-7-8-9-10-11-12-13-14-15-16-17-18-19-20-21-26(32)30-25(24(2)31)22-23-29-27(33)34-28(3,4)5/h13-14,25H,6-12,15-23H2,1-5H3,(H,29,33)(H,30,32)/b14-13-/t25-/m0/s1. The molecular weight excluding hydrogens is 428 g/mol. The van der Waals surface area contributed by atoms with E-state index in [1.165, 1.54) is 64.7 Å². The number of carbonyl (C=O) groups excluding carboxylic acids is 3. The Bertz CT molecular complexity index is 581. The zero-order valence-electron chi connectivity index (χ0n) is 22.7. The summed E-state index contributed by atoms with van der Waals surface area (Å²) in [6.45, 7) is 9.36. The number of allylic oxidation sites excluding steroid dienone is 2. The van der Waals surface area contributed by atoms with E-state index in [2.05, 4.69) is 29.7 Å². The van der Waals surface area contributed by atoms with Crippen LogP contribution in [0.25, 0.3) is 0 Å². The van der Waals surface area contributed by atoms with Gasteiger partial charge in [0.15, 0.2) is 5.78 Å². The van der Waals surface area contributed by atoms with Gasteiger partial charge in [0.2, 0.25) is 5.91 Å². The fourth-order valence-electron chi connectivity index (χ4n) is 3.63. The fraction of sp³-hybridized carbons (Fsp3) is 0.821. The predicted octanol–water partition coefficient (Wildman–Crippen LogP) is 7.01. The molecule has 0 aliphatic rings. The van der Waals surface area contributed by atoms with Crippen molar-refractivity contribution in [2.24, 2.45) is 0 Å². The molecule has 0 unspecified atom stereocenters. The maximum absolute atomic E-state index is 12.2. The highest BCUT2D eigenvalue weighted by atomic mass is 16.6. The van der Waals surface area contributed by atoms with E-state index in [1.807, 2.05) is 0 Å². The zero-order chi connectivity index (χ0) is 25.7. The topological polar surface area (TPSA) is 84.5 Å². The van der Waals surface area contributed by atoms with Crippen LogP contribution in [0.4, 0.5) is 4.79 Å². The molecule has 0 saturated carbocycles. The minimum atomic E-state index is -0.578. The van der Waals surface area contributed by atoms with Crippen LogP contribution in [-0.4, -0.2) is 36.0 Å². The highest BCUT2D eigenvalue weighted by Gasteiger charge is 2.19. The summed E-state index contributed by atoms with van der Waals surface area (Å²) in [5.74, 6) is -0.209. The van der Waals surface area contributed by atoms with Crippen LogP contribution < -0.4 is 10.6 Å². The molecule has 34 heavy (non-hydrogen) atoms. The Morgan fingerprint density at radius 2 is 1.35 bits per heavy atom. The van der Waals surface area contributed by atoms with E-state index < -0.39 is 17.7 Å². The highest BCUT2D eigenvalue weighted by Crippen LogP contribution is 2.10. The molecular formula is C28H52N2O4. The van der Waals surface area contributed by atoms with Gasteiger partial charge in [-0.3, -0.25) is 9.59 Å². The second-order valence-corrected chi connectivity index (χ2v) is 10.3. The van der Waals surface area contributed by atoms with E-state index in [0.29, 0.717) is 12.8 Å². The Morgan fingerprint density at radius 1 is 0.824 bits per heavy atom. The molecule has 0 fully saturated rings. The number of hydrogen-bond acceptors (Lipinski definition) is 4. The van der Waals surface area contributed by atoms with Gasteiger partial charge < -0.3 is 15.4 Å². The number of amides is 2. The molecule has 1 atom stereocenters. The summed E-state index contributed by atoms with van der Waals surface area (Å²) in [5.41, 5.74) is -0.567. The van der Waals surface area contributed by atoms with Gasteiger partial charge in [-0.25, -0.2) is 4.79 Å². The molecule has 0 aliphatic heterocycles. The van der Waals surface area contributed by atoms with Gasteiger partial charge in [0, 0.05) is 13.0 Å². The number of unbranched alkanes of at least 4 members (excludes halogenated alkanes) is 11. The van der Waals surface area contributed by atoms with E-state index in [4.69, 9.17) is 4.74 Å². The number of nitrogens with one attached hydrogen (secondary N) is 2. The van der Waals surface area contributed by atoms with Crippen molar-refractivity contribution < 1.29 is 19.1 Å². The molecule has 198 valence electrons. The van der Waals surface area contributed by atoms with Crippen molar-refractivity contribution in [3.8, 4) is 0 Å². The third kappa shape index (κ3) is 22.0. The molecule has 0 saturated heterocycles. The molecule has 2 N–H and O–H groups in total. The summed E-state index contributed by atoms with van der Waals surface area (Å²) in [7, 11) is 0. The van der Waals surface area contributed by atoms with Crippen molar-refractivity contribution in [3.05, 3.63) is 12.2 Å². The van der Waals surface area contributed by atoms with Gasteiger partial charge in [-0.2, -0.15) is 0 Å². The molecule has 0 aromatic carbocycles. The lowest BCUT2D eigenvalue weighted by atomic mass is 10.1. The molecule has 2 amide bonds. The molecule has 6 heteroatoms. The second-order valence-electron chi connectivity index (χ2n) is 10.3. The normalized spacial score (nSPS) is 12.5. The van der Waals surface area contributed by atoms with Crippen molar-refractivity contribution in [1.82, 2.24) is 10.6 Å². The number of Topliss-reactive ketones (excluding diaryl/α,β-unsaturated/α-hetero) is 1. The molecule has 0 radical (unpaired) electrons. The number of rotatable bonds is 20. The van der Waals surface area contributed by atoms with Crippen molar-refractivity contribution in [3.63, 3.8) is 0 Å². The molecule has 6 nitrogen and oxygen atoms in total. The summed E-state index contributed by atoms with van der Waals surface area (Å²) >= 11 is 0. The van der Waals surface area contributed by atoms with E-state index in [9.17, 15) is 14.4 Å². The molecule has 0 aromatic rings. The third-order valence-corrected chi connectivity index (χ3v) is 5.59. The minimum Gasteiger partial charge on any atom is -0.444 e. The number of ketones is 1. The van der Waals surface area contributed by atoms with Crippen LogP contribution in [0.1, 0.15) is 131 Å². The first-order valence-corrected chi connectivity index (χ1v) is 13.6. The lowest BCUT2D eigenvalue weighted by Gasteiger charge is -2.20. The molecule has 0 bridgehead atoms. The van der Waals surface area contributed by atoms with Crippen molar-refractivity contribution in [2.75, 3.05) is 6.54 Å². The van der Waals surface area contributed by atoms with Gasteiger partial charge in [0.05, 0.1) is 6.04 Å². The average Bonchev–Trinajstić information content (AvgIpc) is 2.74. The van der Waals surface area contributed by atoms with Crippen molar-refractivity contribution in [1.29, 1.82) is 0 Å². The van der Waals surface area contributed by atoms with Crippen molar-refractivity contribution in [2.45, 2.75) is 143 Å². The average molecular weight is 481 g/mol. The van der Waals surface area contributed by atoms with Gasteiger partial charge >= 0.3 is 6.09 Å². The van der Waals surface area contributed by atoms with Crippen LogP contribution in [0.15, 0.2) is 12.2 Å². The molecule has 0 aromatic heterocycles. The van der Waals surface area contributed by atoms with Crippen LogP contribution >= 0.6 is 0 Å². The van der Waals surface area contributed by atoms with Crippen LogP contribution in [0.2, 0.25) is 0 Å². The summed E-state index contributed by atoms with van der Waals surface area (Å²) < 4.78 is 5.17. The lowest BCUT2D eigenvalue weighted by molar-refractivity contribution is -0.127. The smallest absolute Gasteiger partial charge is 0.407 e. The molecule has 0 rings (SSSR count). The number of carbonyl (C=O) groups is 3. The Morgan fingerprint density at radius 3 is 1.88 bits per heavy atom. The van der Waals surface area contributed by atoms with Crippen LogP contribution in [0.5, 0.6) is 0 Å². The Balaban J connectivity index is 3.75. The fourth-order valence-corrected chi connectivity index (χ4v) is 3.63. The first-order valence-electron chi connectivity index (χ1n) is 13.6. The van der Waals surface area contributed by atoms with E-state index in [1.54, 1.807) is 20.8 Å². The van der Waals surface area contributed by atoms with Gasteiger partial charge in [-0.1, -0.05) is 70.4 Å². The Kier molecular flexibility index (Phi) is 19.4. The first kappa shape index (κ1) is 32.1. The Labute approximate surface area is 209 Å². The van der Waals surface area contributed by atoms with Gasteiger partial charge in [0.25, 0.3) is 0 Å². The number of alkyl carbamates (subject to hydrolysis) is 1. The predicted molar refractivity (Wildman–Crippen MR) is 141 cm³/mol. The largest absolute Gasteiger partial charge is 0.444 e. The number of hydrogen-bond donors (Lipinski definition) is 2. The Hall–Kier alpha value is -1.85. The summed E-state index contributed by atoms with van der Waals surface area (Å²) in [6.07, 6.45) is 20.8. The SMILES string of the molecule is CCCCCCCC/C=C\CCCCCCCC(=O)N[C@@H](CCNC(=O)OC(C)(C)C)C(C)=O. The summed E-state index contributed by atoms with van der Waals surface area (Å²) in [5, 5.41) is 5.43. The van der Waals surface area contributed by atoms with E-state index >= 15 is 0 Å². The first-order chi connectivity index (χ1) is 16.2. The number of ether oxygens (including phenoxy) is 1. The molecule has 0 heterocycles. The van der Waals surface area contributed by atoms with Gasteiger partial charge in [-0.05, 0) is 66.2 Å². The maximum Gasteiger partial charge on any atom is 0.407 e. The second kappa shape index (κ2) is 20.5. The summed E-state index contributed by atoms with van der Waals surface area (Å²) in [4.78, 5) is 35.7. The quantitative estimate of drug-likeness (QED) is 0.145.